The third-order valence-electron chi connectivity index (χ3n) is 7.00. The van der Waals surface area contributed by atoms with Gasteiger partial charge in [-0.2, -0.15) is 0 Å². The summed E-state index contributed by atoms with van der Waals surface area (Å²) in [6.07, 6.45) is 7.91. The fraction of sp³-hybridized carbons (Fsp3) is 0.522. The van der Waals surface area contributed by atoms with Gasteiger partial charge in [0.25, 0.3) is 0 Å². The minimum Gasteiger partial charge on any atom is -0.343 e. The second-order valence-corrected chi connectivity index (χ2v) is 10.1. The zero-order valence-corrected chi connectivity index (χ0v) is 16.8. The standard InChI is InChI=1S/C23H27FN2OS/c24-19-5-3-18(4-6-19)22(20-2-1-7-28-20)26-21(27)14-25-23-11-15-8-16(12-23)10-17(9-15)13-23/h1-7,15-17,22,25H,8-14H2,(H,26,27)/t15?,16?,17?,22-,23?/m0/s1. The maximum absolute atomic E-state index is 13.3. The highest BCUT2D eigenvalue weighted by Crippen LogP contribution is 2.55. The number of carbonyl (C=O) groups excluding carboxylic acids is 1. The molecule has 2 aromatic rings. The van der Waals surface area contributed by atoms with Gasteiger partial charge in [-0.25, -0.2) is 4.39 Å². The first-order chi connectivity index (χ1) is 13.6. The zero-order valence-electron chi connectivity index (χ0n) is 16.0. The van der Waals surface area contributed by atoms with Gasteiger partial charge in [-0.05, 0) is 85.4 Å². The SMILES string of the molecule is O=C(CNC12CC3CC(CC(C3)C1)C2)N[C@@H](c1ccc(F)cc1)c1cccs1. The summed E-state index contributed by atoms with van der Waals surface area (Å²) in [5.41, 5.74) is 1.09. The van der Waals surface area contributed by atoms with Crippen LogP contribution < -0.4 is 10.6 Å². The monoisotopic (exact) mass is 398 g/mol. The summed E-state index contributed by atoms with van der Waals surface area (Å²) in [6.45, 7) is 0.356. The van der Waals surface area contributed by atoms with Gasteiger partial charge in [-0.1, -0.05) is 18.2 Å². The van der Waals surface area contributed by atoms with E-state index in [1.807, 2.05) is 17.5 Å². The Labute approximate surface area is 169 Å². The molecule has 6 rings (SSSR count). The number of hydrogen-bond donors (Lipinski definition) is 2. The van der Waals surface area contributed by atoms with Crippen molar-refractivity contribution in [1.82, 2.24) is 10.6 Å². The van der Waals surface area contributed by atoms with Crippen LogP contribution in [-0.2, 0) is 4.79 Å². The first-order valence-corrected chi connectivity index (χ1v) is 11.3. The normalized spacial score (nSPS) is 31.7. The lowest BCUT2D eigenvalue weighted by atomic mass is 9.53. The summed E-state index contributed by atoms with van der Waals surface area (Å²) in [7, 11) is 0. The highest BCUT2D eigenvalue weighted by Gasteiger charge is 2.50. The van der Waals surface area contributed by atoms with Gasteiger partial charge in [0, 0.05) is 10.4 Å². The molecule has 4 fully saturated rings. The van der Waals surface area contributed by atoms with Crippen LogP contribution in [0.25, 0.3) is 0 Å². The third-order valence-corrected chi connectivity index (χ3v) is 7.94. The van der Waals surface area contributed by atoms with Crippen LogP contribution in [0.4, 0.5) is 4.39 Å². The Hall–Kier alpha value is -1.72. The number of nitrogens with one attached hydrogen (secondary N) is 2. The van der Waals surface area contributed by atoms with Gasteiger partial charge in [0.05, 0.1) is 12.6 Å². The Bertz CT molecular complexity index is 798. The molecule has 0 unspecified atom stereocenters. The van der Waals surface area contributed by atoms with Gasteiger partial charge in [-0.3, -0.25) is 4.79 Å². The quantitative estimate of drug-likeness (QED) is 0.744. The van der Waals surface area contributed by atoms with Crippen molar-refractivity contribution >= 4 is 17.2 Å². The van der Waals surface area contributed by atoms with E-state index in [1.54, 1.807) is 23.5 Å². The van der Waals surface area contributed by atoms with E-state index in [2.05, 4.69) is 10.6 Å². The van der Waals surface area contributed by atoms with Gasteiger partial charge in [0.1, 0.15) is 5.82 Å². The lowest BCUT2D eigenvalue weighted by molar-refractivity contribution is -0.122. The number of carbonyl (C=O) groups is 1. The van der Waals surface area contributed by atoms with E-state index in [-0.39, 0.29) is 23.3 Å². The first-order valence-electron chi connectivity index (χ1n) is 10.4. The molecule has 28 heavy (non-hydrogen) atoms. The van der Waals surface area contributed by atoms with Crippen LogP contribution in [0.2, 0.25) is 0 Å². The maximum Gasteiger partial charge on any atom is 0.234 e. The fourth-order valence-corrected chi connectivity index (χ4v) is 7.04. The first kappa shape index (κ1) is 18.3. The van der Waals surface area contributed by atoms with Crippen molar-refractivity contribution in [2.45, 2.75) is 50.1 Å². The Morgan fingerprint density at radius 1 is 1.07 bits per heavy atom. The molecule has 0 radical (unpaired) electrons. The van der Waals surface area contributed by atoms with E-state index >= 15 is 0 Å². The molecule has 5 heteroatoms. The van der Waals surface area contributed by atoms with Crippen LogP contribution >= 0.6 is 11.3 Å². The Morgan fingerprint density at radius 3 is 2.29 bits per heavy atom. The summed E-state index contributed by atoms with van der Waals surface area (Å²) in [5, 5.41) is 8.85. The van der Waals surface area contributed by atoms with Crippen LogP contribution in [0.5, 0.6) is 0 Å². The molecule has 1 atom stereocenters. The van der Waals surface area contributed by atoms with Crippen molar-refractivity contribution in [1.29, 1.82) is 0 Å². The number of amides is 1. The maximum atomic E-state index is 13.3. The molecule has 4 aliphatic rings. The minimum absolute atomic E-state index is 0.0125. The van der Waals surface area contributed by atoms with Gasteiger partial charge in [0.2, 0.25) is 5.91 Å². The molecule has 1 amide bonds. The molecule has 1 heterocycles. The van der Waals surface area contributed by atoms with Gasteiger partial charge >= 0.3 is 0 Å². The number of thiophene rings is 1. The van der Waals surface area contributed by atoms with E-state index in [1.165, 1.54) is 50.7 Å². The molecule has 3 nitrogen and oxygen atoms in total. The summed E-state index contributed by atoms with van der Waals surface area (Å²) in [5.74, 6) is 2.33. The molecule has 1 aromatic heterocycles. The second-order valence-electron chi connectivity index (χ2n) is 9.12. The van der Waals surface area contributed by atoms with Crippen molar-refractivity contribution in [2.75, 3.05) is 6.54 Å². The zero-order chi connectivity index (χ0) is 19.1. The Balaban J connectivity index is 1.26. The average Bonchev–Trinajstić information content (AvgIpc) is 3.19. The molecule has 4 bridgehead atoms. The molecule has 0 aliphatic heterocycles. The van der Waals surface area contributed by atoms with Crippen LogP contribution in [0.1, 0.15) is 55.0 Å². The predicted octanol–water partition coefficient (Wildman–Crippen LogP) is 4.65. The second kappa shape index (κ2) is 7.27. The molecule has 0 spiro atoms. The average molecular weight is 399 g/mol. The van der Waals surface area contributed by atoms with E-state index in [0.29, 0.717) is 6.54 Å². The van der Waals surface area contributed by atoms with Crippen molar-refractivity contribution in [3.8, 4) is 0 Å². The lowest BCUT2D eigenvalue weighted by Crippen LogP contribution is -2.59. The Morgan fingerprint density at radius 2 is 1.71 bits per heavy atom. The largest absolute Gasteiger partial charge is 0.343 e. The molecule has 148 valence electrons. The van der Waals surface area contributed by atoms with Crippen LogP contribution in [-0.4, -0.2) is 18.0 Å². The highest BCUT2D eigenvalue weighted by molar-refractivity contribution is 7.10. The molecular formula is C23H27FN2OS. The predicted molar refractivity (Wildman–Crippen MR) is 110 cm³/mol. The molecule has 0 saturated heterocycles. The van der Waals surface area contributed by atoms with Crippen LogP contribution in [0.3, 0.4) is 0 Å². The number of halogens is 1. The van der Waals surface area contributed by atoms with E-state index in [4.69, 9.17) is 0 Å². The molecule has 1 aromatic carbocycles. The molecule has 4 saturated carbocycles. The van der Waals surface area contributed by atoms with Gasteiger partial charge in [-0.15, -0.1) is 11.3 Å². The van der Waals surface area contributed by atoms with Crippen molar-refractivity contribution in [3.63, 3.8) is 0 Å². The summed E-state index contributed by atoms with van der Waals surface area (Å²) in [4.78, 5) is 13.9. The lowest BCUT2D eigenvalue weighted by Gasteiger charge is -2.57. The van der Waals surface area contributed by atoms with E-state index < -0.39 is 0 Å². The smallest absolute Gasteiger partial charge is 0.234 e. The summed E-state index contributed by atoms with van der Waals surface area (Å²) in [6, 6.07) is 10.2. The van der Waals surface area contributed by atoms with Gasteiger partial charge < -0.3 is 10.6 Å². The third kappa shape index (κ3) is 3.62. The number of benzene rings is 1. The van der Waals surface area contributed by atoms with Crippen LogP contribution in [0.15, 0.2) is 41.8 Å². The fourth-order valence-electron chi connectivity index (χ4n) is 6.24. The summed E-state index contributed by atoms with van der Waals surface area (Å²) < 4.78 is 13.3. The van der Waals surface area contributed by atoms with Crippen LogP contribution in [0, 0.1) is 23.6 Å². The topological polar surface area (TPSA) is 41.1 Å². The van der Waals surface area contributed by atoms with Crippen molar-refractivity contribution in [3.05, 3.63) is 58.0 Å². The molecule has 4 aliphatic carbocycles. The Kier molecular flexibility index (Phi) is 4.76. The highest BCUT2D eigenvalue weighted by atomic mass is 32.1. The molecule has 2 N–H and O–H groups in total. The van der Waals surface area contributed by atoms with Gasteiger partial charge in [0.15, 0.2) is 0 Å². The van der Waals surface area contributed by atoms with Crippen molar-refractivity contribution in [2.24, 2.45) is 17.8 Å². The van der Waals surface area contributed by atoms with E-state index in [9.17, 15) is 9.18 Å². The van der Waals surface area contributed by atoms with E-state index in [0.717, 1.165) is 28.2 Å². The summed E-state index contributed by atoms with van der Waals surface area (Å²) >= 11 is 1.61. The number of rotatable bonds is 6. The number of hydrogen-bond acceptors (Lipinski definition) is 3. The minimum atomic E-state index is -0.261. The van der Waals surface area contributed by atoms with Crippen molar-refractivity contribution < 1.29 is 9.18 Å². The molecular weight excluding hydrogens is 371 g/mol.